The highest BCUT2D eigenvalue weighted by Gasteiger charge is 2.37. The van der Waals surface area contributed by atoms with E-state index in [4.69, 9.17) is 5.26 Å². The van der Waals surface area contributed by atoms with Crippen molar-refractivity contribution in [3.05, 3.63) is 40.8 Å². The molecule has 10 heteroatoms. The molecule has 1 amide bonds. The number of hydrogen-bond donors (Lipinski definition) is 0. The Kier molecular flexibility index (Phi) is 15.8. The van der Waals surface area contributed by atoms with Crippen LogP contribution < -0.4 is 0 Å². The lowest BCUT2D eigenvalue weighted by molar-refractivity contribution is -0.138. The molecule has 1 unspecified atom stereocenters. The summed E-state index contributed by atoms with van der Waals surface area (Å²) in [6.07, 6.45) is -2.67. The molecule has 0 spiro atoms. The summed E-state index contributed by atoms with van der Waals surface area (Å²) in [6, 6.07) is 4.83. The fourth-order valence-corrected chi connectivity index (χ4v) is 3.67. The number of aryl methyl sites for hydroxylation is 1. The van der Waals surface area contributed by atoms with Crippen molar-refractivity contribution in [2.24, 2.45) is 5.92 Å². The fraction of sp³-hybridized carbons (Fsp3) is 0.500. The topological polar surface area (TPSA) is 78.2 Å². The average Bonchev–Trinajstić information content (AvgIpc) is 2.74. The van der Waals surface area contributed by atoms with Crippen molar-refractivity contribution in [1.29, 1.82) is 5.26 Å². The molecule has 1 atom stereocenters. The number of rotatable bonds is 7. The molecule has 0 bridgehead atoms. The number of nitriles is 1. The lowest BCUT2D eigenvalue weighted by Gasteiger charge is -2.20. The van der Waals surface area contributed by atoms with E-state index in [1.807, 2.05) is 33.8 Å². The summed E-state index contributed by atoms with van der Waals surface area (Å²) in [5, 5.41) is 8.79. The minimum Gasteiger partial charge on any atom is -0.311 e. The highest BCUT2D eigenvalue weighted by Crippen LogP contribution is 2.31. The Morgan fingerprint density at radius 2 is 1.74 bits per heavy atom. The highest BCUT2D eigenvalue weighted by atomic mass is 32.2. The first kappa shape index (κ1) is 33.5. The summed E-state index contributed by atoms with van der Waals surface area (Å²) in [7, 11) is 0.963. The molecule has 1 rings (SSSR count). The van der Waals surface area contributed by atoms with E-state index < -0.39 is 23.6 Å². The van der Waals surface area contributed by atoms with E-state index in [1.54, 1.807) is 13.0 Å². The van der Waals surface area contributed by atoms with Gasteiger partial charge in [0.25, 0.3) is 0 Å². The van der Waals surface area contributed by atoms with E-state index in [2.05, 4.69) is 0 Å². The summed E-state index contributed by atoms with van der Waals surface area (Å²) in [4.78, 5) is 33.3. The predicted octanol–water partition coefficient (Wildman–Crippen LogP) is 6.24. The zero-order valence-electron chi connectivity index (χ0n) is 20.7. The summed E-state index contributed by atoms with van der Waals surface area (Å²) >= 11 is 1.33. The van der Waals surface area contributed by atoms with Gasteiger partial charge in [0.15, 0.2) is 5.78 Å². The maximum Gasteiger partial charge on any atom is 0.431 e. The number of aldehydes is 1. The first-order valence-electron chi connectivity index (χ1n) is 10.5. The van der Waals surface area contributed by atoms with Crippen LogP contribution in [0.2, 0.25) is 0 Å². The van der Waals surface area contributed by atoms with Crippen LogP contribution in [0.3, 0.4) is 0 Å². The minimum absolute atomic E-state index is 0.193. The molecule has 0 N–H and O–H groups in total. The molecule has 0 fully saturated rings. The Morgan fingerprint density at radius 1 is 1.21 bits per heavy atom. The van der Waals surface area contributed by atoms with Gasteiger partial charge in [-0.2, -0.15) is 18.4 Å². The van der Waals surface area contributed by atoms with E-state index >= 15 is 0 Å². The van der Waals surface area contributed by atoms with Crippen molar-refractivity contribution in [2.75, 3.05) is 7.05 Å². The molecule has 0 aliphatic rings. The van der Waals surface area contributed by atoms with E-state index in [1.165, 1.54) is 17.8 Å². The van der Waals surface area contributed by atoms with Gasteiger partial charge in [-0.1, -0.05) is 27.7 Å². The van der Waals surface area contributed by atoms with Gasteiger partial charge in [0.1, 0.15) is 23.9 Å². The van der Waals surface area contributed by atoms with Crippen molar-refractivity contribution >= 4 is 29.7 Å². The van der Waals surface area contributed by atoms with Gasteiger partial charge in [-0.05, 0) is 43.9 Å². The molecule has 190 valence electrons. The highest BCUT2D eigenvalue weighted by molar-refractivity contribution is 8.00. The molecule has 0 aromatic heterocycles. The molecular weight excluding hydrogens is 472 g/mol. The molecule has 34 heavy (non-hydrogen) atoms. The van der Waals surface area contributed by atoms with Gasteiger partial charge in [0.2, 0.25) is 5.91 Å². The molecule has 5 nitrogen and oxygen atoms in total. The van der Waals surface area contributed by atoms with E-state index in [0.29, 0.717) is 32.9 Å². The Morgan fingerprint density at radius 3 is 2.09 bits per heavy atom. The van der Waals surface area contributed by atoms with Gasteiger partial charge in [0.05, 0.1) is 10.8 Å². The zero-order valence-corrected chi connectivity index (χ0v) is 21.5. The van der Waals surface area contributed by atoms with Gasteiger partial charge >= 0.3 is 6.18 Å². The number of carbonyl (C=O) groups is 3. The zero-order chi connectivity index (χ0) is 27.2. The summed E-state index contributed by atoms with van der Waals surface area (Å²) < 4.78 is 50.2. The van der Waals surface area contributed by atoms with Crippen molar-refractivity contribution in [2.45, 2.75) is 71.2 Å². The van der Waals surface area contributed by atoms with Crippen molar-refractivity contribution in [3.8, 4) is 6.07 Å². The van der Waals surface area contributed by atoms with E-state index in [9.17, 15) is 31.9 Å². The maximum atomic E-state index is 13.3. The largest absolute Gasteiger partial charge is 0.431 e. The maximum absolute atomic E-state index is 13.3. The van der Waals surface area contributed by atoms with E-state index in [0.717, 1.165) is 33.6 Å². The van der Waals surface area contributed by atoms with Crippen molar-refractivity contribution in [1.82, 2.24) is 4.90 Å². The predicted molar refractivity (Wildman–Crippen MR) is 126 cm³/mol. The van der Waals surface area contributed by atoms with Gasteiger partial charge in [0, 0.05) is 24.9 Å². The number of alkyl halides is 3. The number of carbonyl (C=O) groups excluding carboxylic acids is 3. The summed E-state index contributed by atoms with van der Waals surface area (Å²) in [5.41, 5.74) is -0.470. The Balaban J connectivity index is 0. The standard InChI is InChI=1S/C14H16FNOS.C8H10F3NO2.C2H6/c1-9(2)4-12(8-17)18-14-5-10(3)13(15)6-11(14)7-16;1-5(13)4-7(8(9,10)11)12(3)6(2)14;1-2/h5-6,8-9,12H,4H2,1-3H3;4H,1-3H3;1-2H3/b;7-4-;. The van der Waals surface area contributed by atoms with Crippen molar-refractivity contribution < 1.29 is 31.9 Å². The molecular formula is C24H32F4N2O3S. The Hall–Kier alpha value is -2.67. The number of hydrogen-bond acceptors (Lipinski definition) is 5. The van der Waals surface area contributed by atoms with Crippen LogP contribution in [-0.4, -0.2) is 41.4 Å². The van der Waals surface area contributed by atoms with Crippen LogP contribution in [0.1, 0.15) is 59.1 Å². The lowest BCUT2D eigenvalue weighted by atomic mass is 10.1. The molecule has 0 saturated heterocycles. The molecule has 0 radical (unpaired) electrons. The van der Waals surface area contributed by atoms with Gasteiger partial charge in [-0.15, -0.1) is 11.8 Å². The average molecular weight is 505 g/mol. The first-order chi connectivity index (χ1) is 15.6. The third kappa shape index (κ3) is 12.5. The Bertz CT molecular complexity index is 907. The van der Waals surface area contributed by atoms with Crippen LogP contribution in [0.25, 0.3) is 0 Å². The third-order valence-electron chi connectivity index (χ3n) is 3.98. The summed E-state index contributed by atoms with van der Waals surface area (Å²) in [6.45, 7) is 11.7. The van der Waals surface area contributed by atoms with Crippen LogP contribution in [-0.2, 0) is 14.4 Å². The van der Waals surface area contributed by atoms with Crippen LogP contribution in [0.5, 0.6) is 0 Å². The van der Waals surface area contributed by atoms with Crippen LogP contribution in [0.15, 0.2) is 28.8 Å². The Labute approximate surface area is 203 Å². The number of halogens is 4. The van der Waals surface area contributed by atoms with E-state index in [-0.39, 0.29) is 11.1 Å². The number of thioether (sulfide) groups is 1. The number of amides is 1. The number of ketones is 1. The second-order valence-electron chi connectivity index (χ2n) is 7.35. The van der Waals surface area contributed by atoms with Gasteiger partial charge < -0.3 is 9.69 Å². The quantitative estimate of drug-likeness (QED) is 0.190. The second-order valence-corrected chi connectivity index (χ2v) is 8.63. The summed E-state index contributed by atoms with van der Waals surface area (Å²) in [5.74, 6) is -1.53. The molecule has 0 heterocycles. The SMILES string of the molecule is CC.CC(=O)/C=C(\N(C)C(C)=O)C(F)(F)F.Cc1cc(SC(C=O)CC(C)C)c(C#N)cc1F. The molecule has 0 saturated carbocycles. The number of nitrogens with zero attached hydrogens (tertiary/aromatic N) is 2. The van der Waals surface area contributed by atoms with Crippen molar-refractivity contribution in [3.63, 3.8) is 0 Å². The molecule has 1 aromatic rings. The van der Waals surface area contributed by atoms with Gasteiger partial charge in [-0.3, -0.25) is 9.59 Å². The number of benzene rings is 1. The lowest BCUT2D eigenvalue weighted by Crippen LogP contribution is -2.32. The molecule has 1 aromatic carbocycles. The first-order valence-corrected chi connectivity index (χ1v) is 11.4. The van der Waals surface area contributed by atoms with Crippen LogP contribution in [0.4, 0.5) is 17.6 Å². The second kappa shape index (κ2) is 16.0. The third-order valence-corrected chi connectivity index (χ3v) is 5.18. The van der Waals surface area contributed by atoms with Gasteiger partial charge in [-0.25, -0.2) is 4.39 Å². The molecule has 0 aliphatic heterocycles. The number of allylic oxidation sites excluding steroid dienone is 2. The molecule has 0 aliphatic carbocycles. The normalized spacial score (nSPS) is 11.8. The smallest absolute Gasteiger partial charge is 0.311 e. The van der Waals surface area contributed by atoms with Crippen LogP contribution >= 0.6 is 11.8 Å². The van der Waals surface area contributed by atoms with Crippen LogP contribution in [0, 0.1) is 30.0 Å². The minimum atomic E-state index is -4.70. The monoisotopic (exact) mass is 504 g/mol. The fourth-order valence-electron chi connectivity index (χ4n) is 2.33.